The highest BCUT2D eigenvalue weighted by Gasteiger charge is 2.58. The van der Waals surface area contributed by atoms with Crippen molar-refractivity contribution in [2.75, 3.05) is 17.2 Å². The highest BCUT2D eigenvalue weighted by molar-refractivity contribution is 6.35. The van der Waals surface area contributed by atoms with Gasteiger partial charge in [0, 0.05) is 30.0 Å². The normalized spacial score (nSPS) is 18.2. The molecule has 4 N–H and O–H groups in total. The second-order valence-electron chi connectivity index (χ2n) is 12.5. The summed E-state index contributed by atoms with van der Waals surface area (Å²) in [6.45, 7) is 3.65. The number of rotatable bonds is 9. The van der Waals surface area contributed by atoms with Gasteiger partial charge in [-0.25, -0.2) is 0 Å². The Bertz CT molecular complexity index is 1750. The molecule has 0 saturated heterocycles. The minimum Gasteiger partial charge on any atom is -0.382 e. The molecule has 6 rings (SSSR count). The predicted molar refractivity (Wildman–Crippen MR) is 163 cm³/mol. The molecule has 8 nitrogen and oxygen atoms in total. The fourth-order valence-electron chi connectivity index (χ4n) is 5.91. The topological polar surface area (TPSA) is 112 Å². The van der Waals surface area contributed by atoms with E-state index >= 15 is 0 Å². The van der Waals surface area contributed by atoms with Gasteiger partial charge in [0.1, 0.15) is 6.07 Å². The van der Waals surface area contributed by atoms with Crippen LogP contribution < -0.4 is 21.6 Å². The Labute approximate surface area is 258 Å². The third kappa shape index (κ3) is 5.25. The molecular weight excluding hydrogens is 589 g/mol. The number of hydrazine groups is 2. The SMILES string of the molecule is Cc1c(C#N)cccc1[C@H](Nc1cc(Cl)c2ncc(C#N)c(NCC(C)(C)C(F)(F)F)c2c1)C1=CN(C2(C3CC3)CC2)NN1. The second kappa shape index (κ2) is 10.8. The van der Waals surface area contributed by atoms with E-state index in [1.165, 1.54) is 19.0 Å². The monoisotopic (exact) mass is 620 g/mol. The van der Waals surface area contributed by atoms with Crippen molar-refractivity contribution in [1.82, 2.24) is 21.0 Å². The molecule has 228 valence electrons. The summed E-state index contributed by atoms with van der Waals surface area (Å²) in [6.07, 6.45) is 3.61. The zero-order valence-corrected chi connectivity index (χ0v) is 25.3. The maximum absolute atomic E-state index is 13.7. The van der Waals surface area contributed by atoms with Gasteiger partial charge in [0.25, 0.3) is 0 Å². The summed E-state index contributed by atoms with van der Waals surface area (Å²) in [7, 11) is 0. The summed E-state index contributed by atoms with van der Waals surface area (Å²) < 4.78 is 41.0. The molecule has 0 spiro atoms. The summed E-state index contributed by atoms with van der Waals surface area (Å²) in [5.74, 6) is 0.664. The first-order chi connectivity index (χ1) is 20.9. The average Bonchev–Trinajstić information content (AvgIpc) is 3.92. The van der Waals surface area contributed by atoms with E-state index in [4.69, 9.17) is 11.6 Å². The van der Waals surface area contributed by atoms with Crippen molar-refractivity contribution in [3.8, 4) is 12.1 Å². The van der Waals surface area contributed by atoms with Crippen LogP contribution in [0.25, 0.3) is 10.9 Å². The van der Waals surface area contributed by atoms with Gasteiger partial charge in [-0.3, -0.25) is 9.99 Å². The highest BCUT2D eigenvalue weighted by Crippen LogP contribution is 2.57. The smallest absolute Gasteiger partial charge is 0.382 e. The number of alkyl halides is 3. The summed E-state index contributed by atoms with van der Waals surface area (Å²) in [5, 5.41) is 28.8. The number of halogens is 4. The third-order valence-corrected chi connectivity index (χ3v) is 9.41. The lowest BCUT2D eigenvalue weighted by atomic mass is 9.92. The lowest BCUT2D eigenvalue weighted by Crippen LogP contribution is -2.46. The van der Waals surface area contributed by atoms with Crippen LogP contribution in [0.1, 0.15) is 67.8 Å². The van der Waals surface area contributed by atoms with Gasteiger partial charge in [-0.2, -0.15) is 23.7 Å². The fourth-order valence-corrected chi connectivity index (χ4v) is 6.18. The van der Waals surface area contributed by atoms with Crippen molar-refractivity contribution in [2.45, 2.75) is 64.2 Å². The molecule has 2 saturated carbocycles. The molecule has 2 aromatic carbocycles. The van der Waals surface area contributed by atoms with E-state index in [1.54, 1.807) is 18.2 Å². The van der Waals surface area contributed by atoms with Crippen LogP contribution in [-0.2, 0) is 0 Å². The third-order valence-electron chi connectivity index (χ3n) is 9.12. The molecule has 0 bridgehead atoms. The Morgan fingerprint density at radius 3 is 2.52 bits per heavy atom. The van der Waals surface area contributed by atoms with Gasteiger partial charge in [-0.05, 0) is 81.7 Å². The van der Waals surface area contributed by atoms with Gasteiger partial charge in [0.15, 0.2) is 0 Å². The van der Waals surface area contributed by atoms with Crippen LogP contribution in [0.4, 0.5) is 24.5 Å². The molecule has 3 aromatic rings. The van der Waals surface area contributed by atoms with Crippen molar-refractivity contribution in [3.05, 3.63) is 75.7 Å². The summed E-state index contributed by atoms with van der Waals surface area (Å²) in [5.41, 5.74) is 9.04. The number of nitrogens with zero attached hydrogens (tertiary/aromatic N) is 4. The Balaban J connectivity index is 1.41. The number of pyridine rings is 1. The van der Waals surface area contributed by atoms with Gasteiger partial charge in [-0.15, -0.1) is 5.53 Å². The standard InChI is InChI=1S/C32H32ClF3N8/c1-18-19(13-37)5-4-6-23(18)29(26-16-44(43-42-26)31(9-10-31)21-7-8-21)41-22-11-24-27(40-17-30(2,3)32(34,35)36)20(14-38)15-39-28(24)25(33)12-22/h4-6,11-12,15-16,21,29,41-43H,7-10,17H2,1-3H3,(H,39,40)/t29-/m0/s1. The van der Waals surface area contributed by atoms with Crippen LogP contribution in [0.3, 0.4) is 0 Å². The highest BCUT2D eigenvalue weighted by atomic mass is 35.5. The maximum atomic E-state index is 13.7. The molecule has 0 amide bonds. The number of benzene rings is 2. The van der Waals surface area contributed by atoms with Crippen LogP contribution in [-0.4, -0.2) is 28.3 Å². The van der Waals surface area contributed by atoms with Crippen LogP contribution in [0.5, 0.6) is 0 Å². The van der Waals surface area contributed by atoms with E-state index in [2.05, 4.69) is 43.9 Å². The Kier molecular flexibility index (Phi) is 7.30. The Morgan fingerprint density at radius 1 is 1.16 bits per heavy atom. The van der Waals surface area contributed by atoms with Gasteiger partial charge in [0.05, 0.1) is 56.1 Å². The fraction of sp³-hybridized carbons (Fsp3) is 0.406. The van der Waals surface area contributed by atoms with E-state index in [1.807, 2.05) is 25.1 Å². The van der Waals surface area contributed by atoms with Crippen molar-refractivity contribution < 1.29 is 13.2 Å². The van der Waals surface area contributed by atoms with E-state index in [9.17, 15) is 23.7 Å². The van der Waals surface area contributed by atoms with Crippen molar-refractivity contribution >= 4 is 33.9 Å². The first-order valence-corrected chi connectivity index (χ1v) is 14.9. The molecule has 12 heteroatoms. The minimum absolute atomic E-state index is 0.104. The molecule has 2 aliphatic carbocycles. The van der Waals surface area contributed by atoms with Crippen LogP contribution in [0.2, 0.25) is 5.02 Å². The Morgan fingerprint density at radius 2 is 1.89 bits per heavy atom. The molecule has 2 fully saturated rings. The lowest BCUT2D eigenvalue weighted by Gasteiger charge is -2.29. The minimum atomic E-state index is -4.45. The van der Waals surface area contributed by atoms with Crippen LogP contribution in [0.15, 0.2) is 48.4 Å². The van der Waals surface area contributed by atoms with Gasteiger partial charge >= 0.3 is 6.18 Å². The van der Waals surface area contributed by atoms with E-state index < -0.39 is 24.2 Å². The van der Waals surface area contributed by atoms with Gasteiger partial charge in [0.2, 0.25) is 0 Å². The van der Waals surface area contributed by atoms with E-state index in [0.29, 0.717) is 28.1 Å². The summed E-state index contributed by atoms with van der Waals surface area (Å²) in [6, 6.07) is 12.9. The number of fused-ring (bicyclic) bond motifs is 1. The molecule has 0 unspecified atom stereocenters. The predicted octanol–water partition coefficient (Wildman–Crippen LogP) is 7.20. The zero-order valence-electron chi connectivity index (χ0n) is 24.5. The summed E-state index contributed by atoms with van der Waals surface area (Å²) >= 11 is 6.71. The average molecular weight is 621 g/mol. The molecule has 44 heavy (non-hydrogen) atoms. The molecular formula is C32H32ClF3N8. The Hall–Kier alpha value is -4.19. The molecule has 3 aliphatic rings. The first kappa shape index (κ1) is 29.9. The number of hydrogen-bond donors (Lipinski definition) is 4. The van der Waals surface area contributed by atoms with Crippen LogP contribution in [0, 0.1) is 40.9 Å². The maximum Gasteiger partial charge on any atom is 0.395 e. The van der Waals surface area contributed by atoms with E-state index in [-0.39, 0.29) is 21.8 Å². The number of nitrogens with one attached hydrogen (secondary N) is 4. The molecule has 1 aromatic heterocycles. The molecule has 0 radical (unpaired) electrons. The zero-order chi connectivity index (χ0) is 31.4. The largest absolute Gasteiger partial charge is 0.395 e. The number of anilines is 2. The molecule has 1 atom stereocenters. The first-order valence-electron chi connectivity index (χ1n) is 14.5. The quantitative estimate of drug-likeness (QED) is 0.199. The molecule has 2 heterocycles. The number of nitriles is 2. The van der Waals surface area contributed by atoms with Crippen LogP contribution >= 0.6 is 11.6 Å². The lowest BCUT2D eigenvalue weighted by molar-refractivity contribution is -0.206. The van der Waals surface area contributed by atoms with Crippen molar-refractivity contribution in [3.63, 3.8) is 0 Å². The molecule has 1 aliphatic heterocycles. The summed E-state index contributed by atoms with van der Waals surface area (Å²) in [4.78, 5) is 4.34. The number of hydrogen-bond acceptors (Lipinski definition) is 8. The number of aromatic nitrogens is 1. The second-order valence-corrected chi connectivity index (χ2v) is 12.9. The van der Waals surface area contributed by atoms with Gasteiger partial charge < -0.3 is 16.1 Å². The van der Waals surface area contributed by atoms with Crippen molar-refractivity contribution in [2.24, 2.45) is 11.3 Å². The van der Waals surface area contributed by atoms with E-state index in [0.717, 1.165) is 43.5 Å². The van der Waals surface area contributed by atoms with Crippen molar-refractivity contribution in [1.29, 1.82) is 10.5 Å². The van der Waals surface area contributed by atoms with Gasteiger partial charge in [-0.1, -0.05) is 23.7 Å².